The first-order valence-electron chi connectivity index (χ1n) is 8.14. The molecule has 0 bridgehead atoms. The van der Waals surface area contributed by atoms with E-state index in [1.165, 1.54) is 0 Å². The highest BCUT2D eigenvalue weighted by Crippen LogP contribution is 2.26. The third-order valence-electron chi connectivity index (χ3n) is 4.40. The third-order valence-corrected chi connectivity index (χ3v) is 4.63. The Bertz CT molecular complexity index is 741. The maximum absolute atomic E-state index is 12.8. The summed E-state index contributed by atoms with van der Waals surface area (Å²) in [6, 6.07) is 13.1. The fraction of sp³-hybridized carbons (Fsp3) is 0.316. The van der Waals surface area contributed by atoms with Gasteiger partial charge in [-0.15, -0.1) is 0 Å². The van der Waals surface area contributed by atoms with Gasteiger partial charge in [-0.2, -0.15) is 0 Å². The normalized spacial score (nSPS) is 14.4. The van der Waals surface area contributed by atoms with Crippen molar-refractivity contribution in [2.75, 3.05) is 45.3 Å². The van der Waals surface area contributed by atoms with Gasteiger partial charge in [-0.05, 0) is 42.5 Å². The maximum atomic E-state index is 12.8. The van der Waals surface area contributed by atoms with E-state index in [1.54, 1.807) is 32.4 Å². The number of benzene rings is 2. The van der Waals surface area contributed by atoms with Crippen LogP contribution in [0.3, 0.4) is 0 Å². The minimum atomic E-state index is -0.0251. The van der Waals surface area contributed by atoms with Crippen molar-refractivity contribution in [1.29, 1.82) is 0 Å². The summed E-state index contributed by atoms with van der Waals surface area (Å²) in [5.41, 5.74) is 1.68. The van der Waals surface area contributed by atoms with E-state index < -0.39 is 0 Å². The van der Waals surface area contributed by atoms with Crippen LogP contribution < -0.4 is 14.4 Å². The molecule has 6 heteroatoms. The molecule has 0 spiro atoms. The molecule has 1 heterocycles. The van der Waals surface area contributed by atoms with Gasteiger partial charge in [0.2, 0.25) is 0 Å². The van der Waals surface area contributed by atoms with Gasteiger partial charge in [-0.1, -0.05) is 11.6 Å². The molecule has 0 saturated carbocycles. The molecular weight excluding hydrogens is 340 g/mol. The Morgan fingerprint density at radius 3 is 2.24 bits per heavy atom. The zero-order valence-electron chi connectivity index (χ0n) is 14.4. The van der Waals surface area contributed by atoms with Crippen LogP contribution in [0, 0.1) is 0 Å². The highest BCUT2D eigenvalue weighted by molar-refractivity contribution is 6.30. The van der Waals surface area contributed by atoms with Crippen molar-refractivity contribution in [3.63, 3.8) is 0 Å². The fourth-order valence-corrected chi connectivity index (χ4v) is 3.13. The number of methoxy groups -OCH3 is 2. The van der Waals surface area contributed by atoms with Crippen molar-refractivity contribution in [2.24, 2.45) is 0 Å². The topological polar surface area (TPSA) is 42.0 Å². The molecule has 1 aliphatic heterocycles. The monoisotopic (exact) mass is 360 g/mol. The Morgan fingerprint density at radius 1 is 0.960 bits per heavy atom. The number of amides is 1. The van der Waals surface area contributed by atoms with E-state index in [0.717, 1.165) is 24.5 Å². The van der Waals surface area contributed by atoms with Gasteiger partial charge in [-0.3, -0.25) is 4.79 Å². The smallest absolute Gasteiger partial charge is 0.257 e. The Labute approximate surface area is 152 Å². The van der Waals surface area contributed by atoms with Crippen LogP contribution in [0.5, 0.6) is 11.5 Å². The number of halogens is 1. The van der Waals surface area contributed by atoms with E-state index in [2.05, 4.69) is 4.90 Å². The third kappa shape index (κ3) is 3.82. The van der Waals surface area contributed by atoms with Gasteiger partial charge in [0.25, 0.3) is 5.91 Å². The molecule has 3 rings (SSSR count). The second-order valence-electron chi connectivity index (χ2n) is 5.82. The van der Waals surface area contributed by atoms with Crippen LogP contribution in [0.4, 0.5) is 5.69 Å². The molecule has 2 aromatic rings. The predicted octanol–water partition coefficient (Wildman–Crippen LogP) is 3.32. The summed E-state index contributed by atoms with van der Waals surface area (Å²) >= 11 is 5.97. The molecule has 1 fully saturated rings. The van der Waals surface area contributed by atoms with Crippen molar-refractivity contribution in [3.8, 4) is 11.5 Å². The molecule has 25 heavy (non-hydrogen) atoms. The molecule has 1 amide bonds. The summed E-state index contributed by atoms with van der Waals surface area (Å²) in [6.07, 6.45) is 0. The summed E-state index contributed by atoms with van der Waals surface area (Å²) in [6.45, 7) is 2.90. The van der Waals surface area contributed by atoms with E-state index in [9.17, 15) is 4.79 Å². The van der Waals surface area contributed by atoms with Crippen LogP contribution in [0.1, 0.15) is 10.4 Å². The lowest BCUT2D eigenvalue weighted by atomic mass is 10.1. The zero-order valence-corrected chi connectivity index (χ0v) is 15.1. The number of anilines is 1. The summed E-state index contributed by atoms with van der Waals surface area (Å²) < 4.78 is 10.5. The first-order chi connectivity index (χ1) is 12.1. The standard InChI is InChI=1S/C19H21ClN2O3/c1-24-16-6-4-15(5-7-16)21-9-11-22(12-10-21)19(23)17-8-3-14(20)13-18(17)25-2/h3-8,13H,9-12H2,1-2H3. The molecule has 1 saturated heterocycles. The molecule has 1 aliphatic rings. The van der Waals surface area contributed by atoms with Gasteiger partial charge in [-0.25, -0.2) is 0 Å². The maximum Gasteiger partial charge on any atom is 0.257 e. The molecular formula is C19H21ClN2O3. The van der Waals surface area contributed by atoms with Gasteiger partial charge in [0, 0.05) is 36.9 Å². The largest absolute Gasteiger partial charge is 0.497 e. The van der Waals surface area contributed by atoms with E-state index in [1.807, 2.05) is 29.2 Å². The molecule has 0 radical (unpaired) electrons. The number of ether oxygens (including phenoxy) is 2. The van der Waals surface area contributed by atoms with Crippen LogP contribution in [0.2, 0.25) is 5.02 Å². The molecule has 0 aliphatic carbocycles. The number of piperazine rings is 1. The van der Waals surface area contributed by atoms with Crippen molar-refractivity contribution in [3.05, 3.63) is 53.1 Å². The number of hydrogen-bond acceptors (Lipinski definition) is 4. The van der Waals surface area contributed by atoms with Gasteiger partial charge >= 0.3 is 0 Å². The molecule has 2 aromatic carbocycles. The minimum Gasteiger partial charge on any atom is -0.497 e. The van der Waals surface area contributed by atoms with Gasteiger partial charge in [0.05, 0.1) is 19.8 Å². The number of nitrogens with zero attached hydrogens (tertiary/aromatic N) is 2. The highest BCUT2D eigenvalue weighted by atomic mass is 35.5. The van der Waals surface area contributed by atoms with Gasteiger partial charge in [0.15, 0.2) is 0 Å². The van der Waals surface area contributed by atoms with Crippen LogP contribution in [-0.2, 0) is 0 Å². The zero-order chi connectivity index (χ0) is 17.8. The Hall–Kier alpha value is -2.40. The van der Waals surface area contributed by atoms with Crippen molar-refractivity contribution in [2.45, 2.75) is 0 Å². The summed E-state index contributed by atoms with van der Waals surface area (Å²) in [7, 11) is 3.20. The summed E-state index contributed by atoms with van der Waals surface area (Å²) in [5, 5.41) is 0.553. The highest BCUT2D eigenvalue weighted by Gasteiger charge is 2.24. The van der Waals surface area contributed by atoms with E-state index in [4.69, 9.17) is 21.1 Å². The SMILES string of the molecule is COc1ccc(N2CCN(C(=O)c3ccc(Cl)cc3OC)CC2)cc1. The van der Waals surface area contributed by atoms with Crippen LogP contribution in [0.25, 0.3) is 0 Å². The van der Waals surface area contributed by atoms with Crippen molar-refractivity contribution in [1.82, 2.24) is 4.90 Å². The number of carbonyl (C=O) groups is 1. The fourth-order valence-electron chi connectivity index (χ4n) is 2.97. The molecule has 0 aromatic heterocycles. The average molecular weight is 361 g/mol. The number of carbonyl (C=O) groups excluding carboxylic acids is 1. The van der Waals surface area contributed by atoms with Crippen LogP contribution >= 0.6 is 11.6 Å². The molecule has 0 atom stereocenters. The lowest BCUT2D eigenvalue weighted by Crippen LogP contribution is -2.48. The Morgan fingerprint density at radius 2 is 1.64 bits per heavy atom. The van der Waals surface area contributed by atoms with Gasteiger partial charge < -0.3 is 19.3 Å². The number of hydrogen-bond donors (Lipinski definition) is 0. The average Bonchev–Trinajstić information content (AvgIpc) is 2.67. The van der Waals surface area contributed by atoms with Crippen molar-refractivity contribution >= 4 is 23.2 Å². The quantitative estimate of drug-likeness (QED) is 0.838. The molecule has 5 nitrogen and oxygen atoms in total. The van der Waals surface area contributed by atoms with E-state index in [0.29, 0.717) is 29.4 Å². The molecule has 0 unspecified atom stereocenters. The second-order valence-corrected chi connectivity index (χ2v) is 6.26. The minimum absolute atomic E-state index is 0.0251. The summed E-state index contributed by atoms with van der Waals surface area (Å²) in [5.74, 6) is 1.32. The summed E-state index contributed by atoms with van der Waals surface area (Å²) in [4.78, 5) is 16.9. The molecule has 132 valence electrons. The lowest BCUT2D eigenvalue weighted by Gasteiger charge is -2.36. The van der Waals surface area contributed by atoms with E-state index in [-0.39, 0.29) is 5.91 Å². The first kappa shape index (κ1) is 17.4. The lowest BCUT2D eigenvalue weighted by molar-refractivity contribution is 0.0743. The first-order valence-corrected chi connectivity index (χ1v) is 8.52. The van der Waals surface area contributed by atoms with Gasteiger partial charge in [0.1, 0.15) is 11.5 Å². The van der Waals surface area contributed by atoms with Crippen LogP contribution in [-0.4, -0.2) is 51.2 Å². The second kappa shape index (κ2) is 7.66. The van der Waals surface area contributed by atoms with E-state index >= 15 is 0 Å². The Kier molecular flexibility index (Phi) is 5.34. The van der Waals surface area contributed by atoms with Crippen molar-refractivity contribution < 1.29 is 14.3 Å². The van der Waals surface area contributed by atoms with Crippen LogP contribution in [0.15, 0.2) is 42.5 Å². The number of rotatable bonds is 4. The Balaban J connectivity index is 1.66. The predicted molar refractivity (Wildman–Crippen MR) is 99.1 cm³/mol. The molecule has 0 N–H and O–H groups in total.